The van der Waals surface area contributed by atoms with E-state index < -0.39 is 0 Å². The number of rotatable bonds is 1. The Balaban J connectivity index is 2.06. The summed E-state index contributed by atoms with van der Waals surface area (Å²) in [5, 5.41) is 0. The predicted octanol–water partition coefficient (Wildman–Crippen LogP) is 2.02. The molecule has 2 atom stereocenters. The maximum atomic E-state index is 2.71. The summed E-state index contributed by atoms with van der Waals surface area (Å²) in [7, 11) is 0. The zero-order chi connectivity index (χ0) is 6.97. The molecule has 0 radical (unpaired) electrons. The van der Waals surface area contributed by atoms with E-state index in [1.165, 1.54) is 38.6 Å². The van der Waals surface area contributed by atoms with Crippen molar-refractivity contribution < 1.29 is 0 Å². The Morgan fingerprint density at radius 1 is 1.10 bits per heavy atom. The monoisotopic (exact) mass is 139 g/mol. The molecule has 2 aliphatic heterocycles. The molecule has 1 nitrogen and oxygen atoms in total. The molecule has 0 N–H and O–H groups in total. The van der Waals surface area contributed by atoms with Crippen LogP contribution in [-0.4, -0.2) is 23.5 Å². The van der Waals surface area contributed by atoms with Crippen molar-refractivity contribution in [3.8, 4) is 0 Å². The predicted molar refractivity (Wildman–Crippen MR) is 43.0 cm³/mol. The highest BCUT2D eigenvalue weighted by Crippen LogP contribution is 2.34. The van der Waals surface area contributed by atoms with E-state index in [1.807, 2.05) is 0 Å². The van der Waals surface area contributed by atoms with Crippen LogP contribution in [-0.2, 0) is 0 Å². The van der Waals surface area contributed by atoms with Crippen LogP contribution in [0.2, 0.25) is 0 Å². The van der Waals surface area contributed by atoms with Gasteiger partial charge in [-0.1, -0.05) is 13.3 Å². The first-order valence-corrected chi connectivity index (χ1v) is 4.67. The first kappa shape index (κ1) is 6.66. The standard InChI is InChI=1S/C9H17N/c1-2-10-8-4-3-5-9(10)7-6-8/h8-9H,2-7H2,1H3/t8-,9+. The maximum absolute atomic E-state index is 2.71. The van der Waals surface area contributed by atoms with Crippen molar-refractivity contribution in [1.29, 1.82) is 0 Å². The van der Waals surface area contributed by atoms with Crippen LogP contribution >= 0.6 is 0 Å². The first-order chi connectivity index (χ1) is 4.92. The summed E-state index contributed by atoms with van der Waals surface area (Å²) in [6, 6.07) is 1.95. The summed E-state index contributed by atoms with van der Waals surface area (Å²) in [6.07, 6.45) is 7.41. The molecule has 0 aromatic carbocycles. The minimum atomic E-state index is 0.976. The van der Waals surface area contributed by atoms with E-state index in [0.29, 0.717) is 0 Å². The molecule has 10 heavy (non-hydrogen) atoms. The molecule has 2 heterocycles. The lowest BCUT2D eigenvalue weighted by molar-refractivity contribution is 0.149. The van der Waals surface area contributed by atoms with Crippen LogP contribution in [0.15, 0.2) is 0 Å². The average molecular weight is 139 g/mol. The molecule has 0 saturated carbocycles. The van der Waals surface area contributed by atoms with Gasteiger partial charge in [0.15, 0.2) is 0 Å². The Labute approximate surface area is 63.4 Å². The van der Waals surface area contributed by atoms with Crippen LogP contribution in [0, 0.1) is 0 Å². The lowest BCUT2D eigenvalue weighted by Gasteiger charge is -2.33. The molecule has 2 rings (SSSR count). The SMILES string of the molecule is CCN1[C@@H]2CCC[C@H]1CC2. The Bertz CT molecular complexity index is 106. The molecule has 0 aliphatic carbocycles. The van der Waals surface area contributed by atoms with Gasteiger partial charge in [0.05, 0.1) is 0 Å². The van der Waals surface area contributed by atoms with Crippen molar-refractivity contribution in [1.82, 2.24) is 4.90 Å². The molecule has 0 amide bonds. The van der Waals surface area contributed by atoms with Crippen molar-refractivity contribution in [2.45, 2.75) is 51.1 Å². The van der Waals surface area contributed by atoms with Crippen molar-refractivity contribution in [3.63, 3.8) is 0 Å². The van der Waals surface area contributed by atoms with Gasteiger partial charge in [-0.3, -0.25) is 4.90 Å². The van der Waals surface area contributed by atoms with Gasteiger partial charge < -0.3 is 0 Å². The van der Waals surface area contributed by atoms with Gasteiger partial charge in [0, 0.05) is 12.1 Å². The normalized spacial score (nSPS) is 40.5. The summed E-state index contributed by atoms with van der Waals surface area (Å²) in [5.74, 6) is 0. The summed E-state index contributed by atoms with van der Waals surface area (Å²) in [5.41, 5.74) is 0. The molecule has 2 bridgehead atoms. The third-order valence-electron chi connectivity index (χ3n) is 3.21. The Kier molecular flexibility index (Phi) is 1.69. The van der Waals surface area contributed by atoms with E-state index in [9.17, 15) is 0 Å². The fourth-order valence-electron chi connectivity index (χ4n) is 2.74. The van der Waals surface area contributed by atoms with E-state index in [0.717, 1.165) is 12.1 Å². The quantitative estimate of drug-likeness (QED) is 0.537. The summed E-state index contributed by atoms with van der Waals surface area (Å²) in [4.78, 5) is 2.71. The number of hydrogen-bond acceptors (Lipinski definition) is 1. The van der Waals surface area contributed by atoms with Gasteiger partial charge in [-0.2, -0.15) is 0 Å². The van der Waals surface area contributed by atoms with E-state index in [2.05, 4.69) is 11.8 Å². The second-order valence-electron chi connectivity index (χ2n) is 3.65. The van der Waals surface area contributed by atoms with Crippen molar-refractivity contribution in [2.24, 2.45) is 0 Å². The smallest absolute Gasteiger partial charge is 0.00986 e. The van der Waals surface area contributed by atoms with Crippen LogP contribution in [0.3, 0.4) is 0 Å². The minimum absolute atomic E-state index is 0.976. The van der Waals surface area contributed by atoms with Crippen LogP contribution in [0.1, 0.15) is 39.0 Å². The summed E-state index contributed by atoms with van der Waals surface area (Å²) in [6.45, 7) is 3.59. The number of fused-ring (bicyclic) bond motifs is 2. The van der Waals surface area contributed by atoms with Crippen LogP contribution < -0.4 is 0 Å². The van der Waals surface area contributed by atoms with Gasteiger partial charge in [-0.05, 0) is 32.2 Å². The van der Waals surface area contributed by atoms with Crippen LogP contribution in [0.25, 0.3) is 0 Å². The molecular formula is C9H17N. The Morgan fingerprint density at radius 3 is 2.10 bits per heavy atom. The van der Waals surface area contributed by atoms with Gasteiger partial charge in [0.1, 0.15) is 0 Å². The molecule has 0 aromatic heterocycles. The Morgan fingerprint density at radius 2 is 1.70 bits per heavy atom. The second-order valence-corrected chi connectivity index (χ2v) is 3.65. The zero-order valence-corrected chi connectivity index (χ0v) is 6.84. The van der Waals surface area contributed by atoms with E-state index in [4.69, 9.17) is 0 Å². The number of hydrogen-bond donors (Lipinski definition) is 0. The largest absolute Gasteiger partial charge is 0.298 e. The fourth-order valence-corrected chi connectivity index (χ4v) is 2.74. The lowest BCUT2D eigenvalue weighted by Crippen LogP contribution is -2.39. The lowest BCUT2D eigenvalue weighted by atomic mass is 10.0. The van der Waals surface area contributed by atoms with Crippen molar-refractivity contribution in [3.05, 3.63) is 0 Å². The topological polar surface area (TPSA) is 3.24 Å². The van der Waals surface area contributed by atoms with E-state index in [-0.39, 0.29) is 0 Å². The molecule has 0 spiro atoms. The molecule has 58 valence electrons. The molecule has 1 heteroatoms. The van der Waals surface area contributed by atoms with Gasteiger partial charge in [-0.25, -0.2) is 0 Å². The third-order valence-corrected chi connectivity index (χ3v) is 3.21. The van der Waals surface area contributed by atoms with E-state index in [1.54, 1.807) is 0 Å². The van der Waals surface area contributed by atoms with Crippen LogP contribution in [0.4, 0.5) is 0 Å². The molecule has 2 saturated heterocycles. The zero-order valence-electron chi connectivity index (χ0n) is 6.84. The number of nitrogens with zero attached hydrogens (tertiary/aromatic N) is 1. The van der Waals surface area contributed by atoms with Crippen LogP contribution in [0.5, 0.6) is 0 Å². The van der Waals surface area contributed by atoms with Gasteiger partial charge in [0.25, 0.3) is 0 Å². The molecule has 0 unspecified atom stereocenters. The maximum Gasteiger partial charge on any atom is 0.00986 e. The fraction of sp³-hybridized carbons (Fsp3) is 1.00. The highest BCUT2D eigenvalue weighted by Gasteiger charge is 2.34. The first-order valence-electron chi connectivity index (χ1n) is 4.67. The second kappa shape index (κ2) is 2.54. The van der Waals surface area contributed by atoms with Gasteiger partial charge in [-0.15, -0.1) is 0 Å². The average Bonchev–Trinajstić information content (AvgIpc) is 2.19. The van der Waals surface area contributed by atoms with Crippen molar-refractivity contribution in [2.75, 3.05) is 6.54 Å². The molecule has 2 fully saturated rings. The van der Waals surface area contributed by atoms with E-state index >= 15 is 0 Å². The summed E-state index contributed by atoms with van der Waals surface area (Å²) >= 11 is 0. The molecule has 0 aromatic rings. The molecule has 2 aliphatic rings. The highest BCUT2D eigenvalue weighted by molar-refractivity contribution is 4.90. The van der Waals surface area contributed by atoms with Crippen molar-refractivity contribution >= 4 is 0 Å². The molecular weight excluding hydrogens is 122 g/mol. The minimum Gasteiger partial charge on any atom is -0.298 e. The summed E-state index contributed by atoms with van der Waals surface area (Å²) < 4.78 is 0. The van der Waals surface area contributed by atoms with Gasteiger partial charge in [0.2, 0.25) is 0 Å². The third kappa shape index (κ3) is 0.878. The number of piperidine rings is 1. The van der Waals surface area contributed by atoms with Gasteiger partial charge >= 0.3 is 0 Å². The highest BCUT2D eigenvalue weighted by atomic mass is 15.2. The Hall–Kier alpha value is -0.0400.